The lowest BCUT2D eigenvalue weighted by molar-refractivity contribution is 0.0794. The van der Waals surface area contributed by atoms with Crippen molar-refractivity contribution in [2.24, 2.45) is 0 Å². The lowest BCUT2D eigenvalue weighted by Crippen LogP contribution is -2.29. The van der Waals surface area contributed by atoms with E-state index in [0.717, 1.165) is 12.8 Å². The zero-order valence-corrected chi connectivity index (χ0v) is 16.6. The second kappa shape index (κ2) is 7.60. The van der Waals surface area contributed by atoms with E-state index in [2.05, 4.69) is 4.72 Å². The zero-order valence-electron chi connectivity index (χ0n) is 15.8. The highest BCUT2D eigenvalue weighted by atomic mass is 32.2. The molecule has 0 atom stereocenters. The maximum Gasteiger partial charge on any atom is 0.262 e. The van der Waals surface area contributed by atoms with Gasteiger partial charge in [-0.15, -0.1) is 0 Å². The van der Waals surface area contributed by atoms with Gasteiger partial charge in [0.25, 0.3) is 15.9 Å². The molecule has 3 rings (SSSR count). The van der Waals surface area contributed by atoms with Crippen LogP contribution in [0.1, 0.15) is 34.3 Å². The average Bonchev–Trinajstić information content (AvgIpc) is 3.17. The lowest BCUT2D eigenvalue weighted by atomic mass is 10.1. The fourth-order valence-electron chi connectivity index (χ4n) is 3.31. The van der Waals surface area contributed by atoms with Gasteiger partial charge in [0.1, 0.15) is 5.75 Å². The molecule has 1 fully saturated rings. The molecule has 0 bridgehead atoms. The molecule has 2 aromatic carbocycles. The predicted molar refractivity (Wildman–Crippen MR) is 105 cm³/mol. The maximum atomic E-state index is 13.0. The summed E-state index contributed by atoms with van der Waals surface area (Å²) in [6.07, 6.45) is 1.95. The van der Waals surface area contributed by atoms with Crippen molar-refractivity contribution in [3.63, 3.8) is 0 Å². The van der Waals surface area contributed by atoms with Crippen LogP contribution >= 0.6 is 0 Å². The number of para-hydroxylation sites is 1. The first kappa shape index (κ1) is 19.2. The Hall–Kier alpha value is -2.54. The van der Waals surface area contributed by atoms with Gasteiger partial charge >= 0.3 is 0 Å². The predicted octanol–water partition coefficient (Wildman–Crippen LogP) is 3.35. The van der Waals surface area contributed by atoms with Crippen molar-refractivity contribution in [2.75, 3.05) is 24.9 Å². The van der Waals surface area contributed by atoms with Crippen molar-refractivity contribution in [2.45, 2.75) is 31.6 Å². The number of nitrogens with one attached hydrogen (secondary N) is 1. The molecule has 1 N–H and O–H groups in total. The second-order valence-corrected chi connectivity index (χ2v) is 8.38. The van der Waals surface area contributed by atoms with Crippen LogP contribution in [0.2, 0.25) is 0 Å². The molecule has 1 aliphatic heterocycles. The summed E-state index contributed by atoms with van der Waals surface area (Å²) < 4.78 is 33.8. The number of methoxy groups -OCH3 is 1. The Bertz CT molecular complexity index is 964. The van der Waals surface area contributed by atoms with E-state index in [1.807, 2.05) is 0 Å². The number of benzene rings is 2. The second-order valence-electron chi connectivity index (χ2n) is 6.73. The largest absolute Gasteiger partial charge is 0.497 e. The van der Waals surface area contributed by atoms with Gasteiger partial charge in [0.2, 0.25) is 0 Å². The van der Waals surface area contributed by atoms with Crippen LogP contribution in [0.3, 0.4) is 0 Å². The number of sulfonamides is 1. The average molecular weight is 388 g/mol. The van der Waals surface area contributed by atoms with Crippen molar-refractivity contribution in [3.05, 3.63) is 53.1 Å². The van der Waals surface area contributed by atoms with E-state index in [4.69, 9.17) is 4.74 Å². The minimum Gasteiger partial charge on any atom is -0.497 e. The SMILES string of the molecule is COc1ccc(S(=O)(=O)Nc2c(C)cccc2C(=O)N2CCCC2)c(C)c1. The summed E-state index contributed by atoms with van der Waals surface area (Å²) in [7, 11) is -2.31. The van der Waals surface area contributed by atoms with Gasteiger partial charge in [0.05, 0.1) is 23.3 Å². The number of likely N-dealkylation sites (tertiary alicyclic amines) is 1. The Labute approximate surface area is 160 Å². The molecule has 2 aromatic rings. The third-order valence-electron chi connectivity index (χ3n) is 4.80. The molecule has 1 heterocycles. The van der Waals surface area contributed by atoms with Gasteiger partial charge in [0, 0.05) is 13.1 Å². The number of nitrogens with zero attached hydrogens (tertiary/aromatic N) is 1. The molecule has 27 heavy (non-hydrogen) atoms. The molecule has 1 aliphatic rings. The number of ether oxygens (including phenoxy) is 1. The molecule has 0 unspecified atom stereocenters. The highest BCUT2D eigenvalue weighted by Crippen LogP contribution is 2.28. The summed E-state index contributed by atoms with van der Waals surface area (Å²) in [6.45, 7) is 4.91. The first-order valence-corrected chi connectivity index (χ1v) is 10.4. The van der Waals surface area contributed by atoms with E-state index in [-0.39, 0.29) is 10.8 Å². The summed E-state index contributed by atoms with van der Waals surface area (Å²) in [4.78, 5) is 14.8. The van der Waals surface area contributed by atoms with Gasteiger partial charge in [-0.2, -0.15) is 0 Å². The van der Waals surface area contributed by atoms with Crippen LogP contribution in [0.4, 0.5) is 5.69 Å². The number of carbonyl (C=O) groups excluding carboxylic acids is 1. The minimum atomic E-state index is -3.85. The molecule has 144 valence electrons. The Morgan fingerprint density at radius 3 is 2.41 bits per heavy atom. The van der Waals surface area contributed by atoms with E-state index in [1.165, 1.54) is 13.2 Å². The number of hydrogen-bond donors (Lipinski definition) is 1. The zero-order chi connectivity index (χ0) is 19.6. The molecule has 0 aromatic heterocycles. The summed E-state index contributed by atoms with van der Waals surface area (Å²) >= 11 is 0. The van der Waals surface area contributed by atoms with Gasteiger partial charge in [-0.1, -0.05) is 12.1 Å². The molecule has 6 nitrogen and oxygen atoms in total. The van der Waals surface area contributed by atoms with Crippen molar-refractivity contribution in [1.82, 2.24) is 4.90 Å². The van der Waals surface area contributed by atoms with Gasteiger partial charge < -0.3 is 9.64 Å². The van der Waals surface area contributed by atoms with Crippen LogP contribution in [0.5, 0.6) is 5.75 Å². The van der Waals surface area contributed by atoms with Gasteiger partial charge in [-0.05, 0) is 62.1 Å². The Morgan fingerprint density at radius 1 is 1.07 bits per heavy atom. The molecule has 0 aliphatic carbocycles. The van der Waals surface area contributed by atoms with E-state index in [1.54, 1.807) is 49.1 Å². The molecular weight excluding hydrogens is 364 g/mol. The number of carbonyl (C=O) groups is 1. The first-order valence-electron chi connectivity index (χ1n) is 8.90. The molecule has 7 heteroatoms. The first-order chi connectivity index (χ1) is 12.8. The summed E-state index contributed by atoms with van der Waals surface area (Å²) in [5.74, 6) is 0.451. The maximum absolute atomic E-state index is 13.0. The van der Waals surface area contributed by atoms with Crippen LogP contribution < -0.4 is 9.46 Å². The number of anilines is 1. The number of amides is 1. The van der Waals surface area contributed by atoms with Gasteiger partial charge in [-0.3, -0.25) is 9.52 Å². The minimum absolute atomic E-state index is 0.139. The molecule has 1 amide bonds. The number of hydrogen-bond acceptors (Lipinski definition) is 4. The summed E-state index contributed by atoms with van der Waals surface area (Å²) in [6, 6.07) is 10.0. The van der Waals surface area contributed by atoms with Gasteiger partial charge in [-0.25, -0.2) is 8.42 Å². The van der Waals surface area contributed by atoms with Crippen LogP contribution in [0.25, 0.3) is 0 Å². The van der Waals surface area contributed by atoms with Crippen LogP contribution in [0.15, 0.2) is 41.3 Å². The van der Waals surface area contributed by atoms with Crippen LogP contribution in [-0.2, 0) is 10.0 Å². The van der Waals surface area contributed by atoms with Crippen LogP contribution in [-0.4, -0.2) is 39.4 Å². The van der Waals surface area contributed by atoms with Crippen molar-refractivity contribution in [1.29, 1.82) is 0 Å². The Kier molecular flexibility index (Phi) is 5.41. The Balaban J connectivity index is 1.98. The summed E-state index contributed by atoms with van der Waals surface area (Å²) in [5, 5.41) is 0. The van der Waals surface area contributed by atoms with Crippen molar-refractivity contribution >= 4 is 21.6 Å². The van der Waals surface area contributed by atoms with E-state index >= 15 is 0 Å². The number of aryl methyl sites for hydroxylation is 2. The third kappa shape index (κ3) is 3.93. The fraction of sp³-hybridized carbons (Fsp3) is 0.350. The third-order valence-corrected chi connectivity index (χ3v) is 6.31. The molecule has 0 saturated carbocycles. The normalized spacial score (nSPS) is 14.3. The van der Waals surface area contributed by atoms with E-state index in [0.29, 0.717) is 41.2 Å². The Morgan fingerprint density at radius 2 is 1.78 bits per heavy atom. The highest BCUT2D eigenvalue weighted by Gasteiger charge is 2.25. The topological polar surface area (TPSA) is 75.7 Å². The molecule has 1 saturated heterocycles. The lowest BCUT2D eigenvalue weighted by Gasteiger charge is -2.20. The quantitative estimate of drug-likeness (QED) is 0.852. The number of rotatable bonds is 5. The highest BCUT2D eigenvalue weighted by molar-refractivity contribution is 7.92. The molecule has 0 radical (unpaired) electrons. The summed E-state index contributed by atoms with van der Waals surface area (Å²) in [5.41, 5.74) is 1.99. The van der Waals surface area contributed by atoms with Crippen LogP contribution in [0, 0.1) is 13.8 Å². The van der Waals surface area contributed by atoms with E-state index < -0.39 is 10.0 Å². The van der Waals surface area contributed by atoms with Crippen molar-refractivity contribution in [3.8, 4) is 5.75 Å². The standard InChI is InChI=1S/C20H24N2O4S/c1-14-7-6-8-17(20(23)22-11-4-5-12-22)19(14)21-27(24,25)18-10-9-16(26-3)13-15(18)2/h6-10,13,21H,4-5,11-12H2,1-3H3. The van der Waals surface area contributed by atoms with E-state index in [9.17, 15) is 13.2 Å². The molecular formula is C20H24N2O4S. The molecule has 0 spiro atoms. The smallest absolute Gasteiger partial charge is 0.262 e. The van der Waals surface area contributed by atoms with Crippen molar-refractivity contribution < 1.29 is 17.9 Å². The van der Waals surface area contributed by atoms with Gasteiger partial charge in [0.15, 0.2) is 0 Å². The fourth-order valence-corrected chi connectivity index (χ4v) is 4.69. The monoisotopic (exact) mass is 388 g/mol.